The number of nitrogens with zero attached hydrogens (tertiary/aromatic N) is 1. The molecule has 1 saturated heterocycles. The molecule has 0 unspecified atom stereocenters. The third-order valence-corrected chi connectivity index (χ3v) is 5.46. The first-order valence-electron chi connectivity index (χ1n) is 8.23. The van der Waals surface area contributed by atoms with Crippen molar-refractivity contribution in [1.82, 2.24) is 4.90 Å². The molecule has 5 nitrogen and oxygen atoms in total. The highest BCUT2D eigenvalue weighted by Gasteiger charge is 2.47. The molecule has 1 saturated carbocycles. The summed E-state index contributed by atoms with van der Waals surface area (Å²) in [4.78, 5) is 25.7. The van der Waals surface area contributed by atoms with Gasteiger partial charge in [-0.1, -0.05) is 28.1 Å². The Balaban J connectivity index is 1.54. The van der Waals surface area contributed by atoms with Gasteiger partial charge in [0, 0.05) is 30.4 Å². The van der Waals surface area contributed by atoms with Gasteiger partial charge in [-0.3, -0.25) is 4.79 Å². The maximum Gasteiger partial charge on any atom is 0.409 e. The Bertz CT molecular complexity index is 640. The lowest BCUT2D eigenvalue weighted by Gasteiger charge is -2.38. The Morgan fingerprint density at radius 1 is 1.29 bits per heavy atom. The molecule has 24 heavy (non-hydrogen) atoms. The summed E-state index contributed by atoms with van der Waals surface area (Å²) in [6.45, 7) is 3.06. The molecule has 2 fully saturated rings. The topological polar surface area (TPSA) is 55.8 Å². The summed E-state index contributed by atoms with van der Waals surface area (Å²) >= 11 is 3.47. The largest absolute Gasteiger partial charge is 0.459 e. The number of methoxy groups -OCH3 is 1. The third-order valence-electron chi connectivity index (χ3n) is 4.97. The molecule has 2 atom stereocenters. The zero-order chi connectivity index (χ0) is 17.3. The van der Waals surface area contributed by atoms with E-state index in [4.69, 9.17) is 9.47 Å². The Kier molecular flexibility index (Phi) is 4.85. The van der Waals surface area contributed by atoms with Crippen LogP contribution in [0.25, 0.3) is 0 Å². The van der Waals surface area contributed by atoms with Crippen LogP contribution in [-0.4, -0.2) is 42.8 Å². The van der Waals surface area contributed by atoms with Crippen molar-refractivity contribution in [2.45, 2.75) is 37.7 Å². The van der Waals surface area contributed by atoms with Gasteiger partial charge in [-0.25, -0.2) is 4.79 Å². The number of likely N-dealkylation sites (tertiary alicyclic amines) is 1. The van der Waals surface area contributed by atoms with Crippen LogP contribution in [-0.2, 0) is 14.3 Å². The SMILES string of the molecule is COC(=O)N1CCC(C)(OC(=O)[C@H]2C[C@@H]2c2cccc(Br)c2)CC1. The summed E-state index contributed by atoms with van der Waals surface area (Å²) in [6, 6.07) is 8.09. The lowest BCUT2D eigenvalue weighted by Crippen LogP contribution is -2.47. The molecule has 2 aliphatic rings. The van der Waals surface area contributed by atoms with Gasteiger partial charge >= 0.3 is 12.1 Å². The number of hydrogen-bond acceptors (Lipinski definition) is 4. The van der Waals surface area contributed by atoms with Gasteiger partial charge in [0.15, 0.2) is 0 Å². The van der Waals surface area contributed by atoms with E-state index in [0.29, 0.717) is 25.9 Å². The minimum absolute atomic E-state index is 0.0465. The van der Waals surface area contributed by atoms with Gasteiger partial charge < -0.3 is 14.4 Å². The third kappa shape index (κ3) is 3.74. The number of carbonyl (C=O) groups excluding carboxylic acids is 2. The lowest BCUT2D eigenvalue weighted by atomic mass is 9.93. The van der Waals surface area contributed by atoms with Crippen molar-refractivity contribution in [3.63, 3.8) is 0 Å². The highest BCUT2D eigenvalue weighted by Crippen LogP contribution is 2.49. The van der Waals surface area contributed by atoms with Crippen LogP contribution >= 0.6 is 15.9 Å². The first-order chi connectivity index (χ1) is 11.4. The van der Waals surface area contributed by atoms with E-state index in [1.807, 2.05) is 19.1 Å². The molecule has 1 aromatic carbocycles. The maximum absolute atomic E-state index is 12.5. The van der Waals surface area contributed by atoms with Crippen molar-refractivity contribution in [2.75, 3.05) is 20.2 Å². The van der Waals surface area contributed by atoms with E-state index in [1.54, 1.807) is 4.90 Å². The summed E-state index contributed by atoms with van der Waals surface area (Å²) in [7, 11) is 1.38. The van der Waals surface area contributed by atoms with E-state index in [-0.39, 0.29) is 23.9 Å². The van der Waals surface area contributed by atoms with Gasteiger partial charge in [0.2, 0.25) is 0 Å². The molecule has 3 rings (SSSR count). The smallest absolute Gasteiger partial charge is 0.409 e. The van der Waals surface area contributed by atoms with Gasteiger partial charge in [-0.15, -0.1) is 0 Å². The van der Waals surface area contributed by atoms with Crippen LogP contribution in [0, 0.1) is 5.92 Å². The molecule has 1 aliphatic heterocycles. The fourth-order valence-corrected chi connectivity index (χ4v) is 3.69. The predicted molar refractivity (Wildman–Crippen MR) is 92.7 cm³/mol. The minimum atomic E-state index is -0.494. The van der Waals surface area contributed by atoms with Crippen molar-refractivity contribution in [1.29, 1.82) is 0 Å². The van der Waals surface area contributed by atoms with Gasteiger partial charge in [0.25, 0.3) is 0 Å². The highest BCUT2D eigenvalue weighted by atomic mass is 79.9. The van der Waals surface area contributed by atoms with E-state index in [9.17, 15) is 9.59 Å². The summed E-state index contributed by atoms with van der Waals surface area (Å²) in [5.41, 5.74) is 0.684. The van der Waals surface area contributed by atoms with Gasteiger partial charge in [0.1, 0.15) is 5.60 Å². The molecule has 0 bridgehead atoms. The molecule has 0 aromatic heterocycles. The molecule has 0 spiro atoms. The molecule has 130 valence electrons. The molecule has 0 N–H and O–H groups in total. The summed E-state index contributed by atoms with van der Waals surface area (Å²) in [5.74, 6) is 0.0949. The number of amides is 1. The molecule has 1 heterocycles. The monoisotopic (exact) mass is 395 g/mol. The first-order valence-corrected chi connectivity index (χ1v) is 9.02. The number of ether oxygens (including phenoxy) is 2. The van der Waals surface area contributed by atoms with Crippen LogP contribution in [0.4, 0.5) is 4.79 Å². The van der Waals surface area contributed by atoms with Crippen molar-refractivity contribution < 1.29 is 19.1 Å². The summed E-state index contributed by atoms with van der Waals surface area (Å²) < 4.78 is 11.6. The summed E-state index contributed by atoms with van der Waals surface area (Å²) in [6.07, 6.45) is 1.81. The number of esters is 1. The van der Waals surface area contributed by atoms with Crippen molar-refractivity contribution >= 4 is 28.0 Å². The maximum atomic E-state index is 12.5. The quantitative estimate of drug-likeness (QED) is 0.731. The second-order valence-electron chi connectivity index (χ2n) is 6.83. The number of rotatable bonds is 3. The molecule has 1 amide bonds. The van der Waals surface area contributed by atoms with Crippen LogP contribution < -0.4 is 0 Å². The van der Waals surface area contributed by atoms with Crippen LogP contribution in [0.1, 0.15) is 37.7 Å². The molecular formula is C18H22BrNO4. The molecule has 0 radical (unpaired) electrons. The highest BCUT2D eigenvalue weighted by molar-refractivity contribution is 9.10. The van der Waals surface area contributed by atoms with Crippen LogP contribution in [0.15, 0.2) is 28.7 Å². The van der Waals surface area contributed by atoms with Crippen LogP contribution in [0.3, 0.4) is 0 Å². The normalized spacial score (nSPS) is 25.0. The van der Waals surface area contributed by atoms with E-state index >= 15 is 0 Å². The average molecular weight is 396 g/mol. The van der Waals surface area contributed by atoms with Crippen molar-refractivity contribution in [3.8, 4) is 0 Å². The van der Waals surface area contributed by atoms with E-state index in [0.717, 1.165) is 10.9 Å². The summed E-state index contributed by atoms with van der Waals surface area (Å²) in [5, 5.41) is 0. The number of halogens is 1. The van der Waals surface area contributed by atoms with E-state index in [2.05, 4.69) is 28.1 Å². The Hall–Kier alpha value is -1.56. The predicted octanol–water partition coefficient (Wildman–Crippen LogP) is 3.72. The second kappa shape index (κ2) is 6.75. The number of piperidine rings is 1. The number of hydrogen-bond donors (Lipinski definition) is 0. The zero-order valence-electron chi connectivity index (χ0n) is 14.0. The second-order valence-corrected chi connectivity index (χ2v) is 7.75. The molecule has 1 aliphatic carbocycles. The number of carbonyl (C=O) groups is 2. The average Bonchev–Trinajstić information content (AvgIpc) is 3.35. The fourth-order valence-electron chi connectivity index (χ4n) is 3.27. The van der Waals surface area contributed by atoms with E-state index in [1.165, 1.54) is 12.7 Å². The standard InChI is InChI=1S/C18H22BrNO4/c1-18(6-8-20(9-7-18)17(22)23-2)24-16(21)15-11-14(15)12-4-3-5-13(19)10-12/h3-5,10,14-15H,6-9,11H2,1-2H3/t14-,15+/m1/s1. The van der Waals surface area contributed by atoms with Crippen molar-refractivity contribution in [2.24, 2.45) is 5.92 Å². The molecule has 1 aromatic rings. The molecular weight excluding hydrogens is 374 g/mol. The van der Waals surface area contributed by atoms with Gasteiger partial charge in [-0.05, 0) is 37.0 Å². The van der Waals surface area contributed by atoms with Gasteiger partial charge in [0.05, 0.1) is 13.0 Å². The Labute approximate surface area is 150 Å². The lowest BCUT2D eigenvalue weighted by molar-refractivity contribution is -0.163. The van der Waals surface area contributed by atoms with E-state index < -0.39 is 5.60 Å². The first kappa shape index (κ1) is 17.3. The molecule has 6 heteroatoms. The van der Waals surface area contributed by atoms with Crippen molar-refractivity contribution in [3.05, 3.63) is 34.3 Å². The zero-order valence-corrected chi connectivity index (χ0v) is 15.5. The fraction of sp³-hybridized carbons (Fsp3) is 0.556. The van der Waals surface area contributed by atoms with Gasteiger partial charge in [-0.2, -0.15) is 0 Å². The van der Waals surface area contributed by atoms with Crippen LogP contribution in [0.2, 0.25) is 0 Å². The minimum Gasteiger partial charge on any atom is -0.459 e. The Morgan fingerprint density at radius 3 is 2.62 bits per heavy atom. The number of benzene rings is 1. The Morgan fingerprint density at radius 2 is 2.00 bits per heavy atom. The van der Waals surface area contributed by atoms with Crippen LogP contribution in [0.5, 0.6) is 0 Å².